The molecule has 3 rings (SSSR count). The summed E-state index contributed by atoms with van der Waals surface area (Å²) in [5.74, 6) is -0.160. The van der Waals surface area contributed by atoms with Gasteiger partial charge in [0.25, 0.3) is 5.91 Å². The Bertz CT molecular complexity index is 777. The van der Waals surface area contributed by atoms with Gasteiger partial charge in [0, 0.05) is 25.2 Å². The van der Waals surface area contributed by atoms with Crippen LogP contribution in [-0.2, 0) is 4.84 Å². The van der Waals surface area contributed by atoms with Crippen LogP contribution >= 0.6 is 0 Å². The summed E-state index contributed by atoms with van der Waals surface area (Å²) in [4.78, 5) is 33.7. The van der Waals surface area contributed by atoms with Gasteiger partial charge in [0.05, 0.1) is 12.6 Å². The van der Waals surface area contributed by atoms with Gasteiger partial charge in [-0.2, -0.15) is 10.0 Å². The number of nitrogens with one attached hydrogen (secondary N) is 1. The summed E-state index contributed by atoms with van der Waals surface area (Å²) >= 11 is 0. The number of anilines is 1. The van der Waals surface area contributed by atoms with Crippen LogP contribution in [0.1, 0.15) is 23.0 Å². The lowest BCUT2D eigenvalue weighted by Crippen LogP contribution is -2.28. The monoisotopic (exact) mass is 330 g/mol. The van der Waals surface area contributed by atoms with Gasteiger partial charge < -0.3 is 10.4 Å². The van der Waals surface area contributed by atoms with Crippen molar-refractivity contribution >= 4 is 11.7 Å². The number of aliphatic hydroxyl groups excluding tert-OH is 1. The molecular formula is C16H18N4O4. The second-order valence-corrected chi connectivity index (χ2v) is 5.50. The molecular weight excluding hydrogens is 312 g/mol. The maximum atomic E-state index is 12.2. The van der Waals surface area contributed by atoms with E-state index in [2.05, 4.69) is 10.3 Å². The number of carbonyl (C=O) groups is 1. The predicted molar refractivity (Wildman–Crippen MR) is 86.3 cm³/mol. The summed E-state index contributed by atoms with van der Waals surface area (Å²) in [5, 5.41) is 13.4. The summed E-state index contributed by atoms with van der Waals surface area (Å²) in [6.45, 7) is -0.0552. The fourth-order valence-corrected chi connectivity index (χ4v) is 2.54. The molecule has 2 atom stereocenters. The zero-order chi connectivity index (χ0) is 17.1. The third kappa shape index (κ3) is 3.35. The fourth-order valence-electron chi connectivity index (χ4n) is 2.54. The Morgan fingerprint density at radius 2 is 2.12 bits per heavy atom. The number of likely N-dealkylation sites (N-methyl/N-ethyl adjacent to an activating group) is 1. The maximum absolute atomic E-state index is 12.2. The molecule has 8 heteroatoms. The van der Waals surface area contributed by atoms with E-state index < -0.39 is 11.9 Å². The first-order valence-electron chi connectivity index (χ1n) is 7.54. The largest absolute Gasteiger partial charge is 0.395 e. The average Bonchev–Trinajstić information content (AvgIpc) is 2.96. The molecule has 0 bridgehead atoms. The van der Waals surface area contributed by atoms with Crippen molar-refractivity contribution in [2.24, 2.45) is 0 Å². The lowest BCUT2D eigenvalue weighted by Gasteiger charge is -2.15. The second-order valence-electron chi connectivity index (χ2n) is 5.50. The molecule has 1 amide bonds. The molecule has 2 N–H and O–H groups in total. The number of aromatic nitrogens is 2. The Kier molecular flexibility index (Phi) is 4.70. The zero-order valence-electron chi connectivity index (χ0n) is 13.1. The van der Waals surface area contributed by atoms with E-state index in [1.165, 1.54) is 21.9 Å². The number of hydrogen-bond donors (Lipinski definition) is 2. The third-order valence-electron chi connectivity index (χ3n) is 3.90. The van der Waals surface area contributed by atoms with E-state index in [4.69, 9.17) is 4.84 Å². The normalized spacial score (nSPS) is 20.9. The summed E-state index contributed by atoms with van der Waals surface area (Å²) in [6.07, 6.45) is 1.48. The van der Waals surface area contributed by atoms with Gasteiger partial charge >= 0.3 is 5.69 Å². The summed E-state index contributed by atoms with van der Waals surface area (Å²) in [7, 11) is 1.70. The van der Waals surface area contributed by atoms with Crippen LogP contribution in [0.5, 0.6) is 0 Å². The van der Waals surface area contributed by atoms with E-state index in [0.717, 1.165) is 0 Å². The van der Waals surface area contributed by atoms with Crippen LogP contribution in [0.2, 0.25) is 0 Å². The van der Waals surface area contributed by atoms with Crippen LogP contribution in [-0.4, -0.2) is 45.3 Å². The number of hydroxylamine groups is 2. The van der Waals surface area contributed by atoms with E-state index in [0.29, 0.717) is 12.0 Å². The zero-order valence-corrected chi connectivity index (χ0v) is 13.1. The number of carbonyl (C=O) groups excluding carboxylic acids is 1. The highest BCUT2D eigenvalue weighted by Crippen LogP contribution is 2.26. The van der Waals surface area contributed by atoms with Gasteiger partial charge in [0.1, 0.15) is 5.82 Å². The smallest absolute Gasteiger partial charge is 0.351 e. The van der Waals surface area contributed by atoms with Gasteiger partial charge in [-0.3, -0.25) is 14.2 Å². The lowest BCUT2D eigenvalue weighted by atomic mass is 10.2. The molecule has 1 aromatic heterocycles. The molecule has 0 radical (unpaired) electrons. The highest BCUT2D eigenvalue weighted by atomic mass is 16.7. The quantitative estimate of drug-likeness (QED) is 0.853. The number of amides is 1. The molecule has 0 spiro atoms. The van der Waals surface area contributed by atoms with Gasteiger partial charge in [0.15, 0.2) is 6.23 Å². The molecule has 24 heavy (non-hydrogen) atoms. The van der Waals surface area contributed by atoms with E-state index in [9.17, 15) is 14.7 Å². The van der Waals surface area contributed by atoms with Crippen molar-refractivity contribution in [2.45, 2.75) is 18.7 Å². The third-order valence-corrected chi connectivity index (χ3v) is 3.90. The Morgan fingerprint density at radius 1 is 1.38 bits per heavy atom. The minimum Gasteiger partial charge on any atom is -0.395 e. The number of nitrogens with zero attached hydrogens (tertiary/aromatic N) is 3. The van der Waals surface area contributed by atoms with Crippen molar-refractivity contribution in [3.63, 3.8) is 0 Å². The molecule has 8 nitrogen and oxygen atoms in total. The average molecular weight is 330 g/mol. The van der Waals surface area contributed by atoms with Gasteiger partial charge in [-0.05, 0) is 18.2 Å². The molecule has 1 aliphatic rings. The minimum atomic E-state index is -0.530. The highest BCUT2D eigenvalue weighted by Gasteiger charge is 2.32. The molecule has 1 aliphatic heterocycles. The van der Waals surface area contributed by atoms with Crippen molar-refractivity contribution in [1.82, 2.24) is 14.6 Å². The van der Waals surface area contributed by atoms with E-state index in [1.807, 2.05) is 6.07 Å². The van der Waals surface area contributed by atoms with Crippen LogP contribution in [0.4, 0.5) is 5.82 Å². The number of hydrogen-bond acceptors (Lipinski definition) is 6. The number of rotatable bonds is 4. The van der Waals surface area contributed by atoms with Crippen LogP contribution < -0.4 is 11.0 Å². The van der Waals surface area contributed by atoms with Crippen LogP contribution in [0.15, 0.2) is 47.4 Å². The van der Waals surface area contributed by atoms with Crippen LogP contribution in [0.25, 0.3) is 0 Å². The molecule has 2 aromatic rings. The molecule has 0 saturated carbocycles. The van der Waals surface area contributed by atoms with Crippen molar-refractivity contribution in [1.29, 1.82) is 0 Å². The Hall–Kier alpha value is -2.55. The van der Waals surface area contributed by atoms with Crippen molar-refractivity contribution in [3.8, 4) is 0 Å². The van der Waals surface area contributed by atoms with Gasteiger partial charge in [-0.25, -0.2) is 4.79 Å². The van der Waals surface area contributed by atoms with Crippen molar-refractivity contribution < 1.29 is 14.7 Å². The summed E-state index contributed by atoms with van der Waals surface area (Å²) < 4.78 is 1.34. The molecule has 1 fully saturated rings. The summed E-state index contributed by atoms with van der Waals surface area (Å²) in [5.41, 5.74) is -0.0483. The highest BCUT2D eigenvalue weighted by molar-refractivity contribution is 6.03. The number of aliphatic hydroxyl groups is 1. The van der Waals surface area contributed by atoms with Crippen LogP contribution in [0, 0.1) is 0 Å². The lowest BCUT2D eigenvalue weighted by molar-refractivity contribution is -0.170. The van der Waals surface area contributed by atoms with Crippen molar-refractivity contribution in [3.05, 3.63) is 58.6 Å². The second kappa shape index (κ2) is 6.91. The Morgan fingerprint density at radius 3 is 2.75 bits per heavy atom. The molecule has 2 heterocycles. The van der Waals surface area contributed by atoms with E-state index in [-0.39, 0.29) is 24.4 Å². The van der Waals surface area contributed by atoms with Gasteiger partial charge in [0.2, 0.25) is 0 Å². The standard InChI is InChI=1S/C16H18N4O4/c1-19-12(10-21)9-14(24-19)20-8-7-13(18-16(20)23)17-15(22)11-5-3-2-4-6-11/h2-8,12,14,21H,9-10H2,1H3,(H,17,18,22,23)/t12-,14+/m1/s1. The minimum absolute atomic E-state index is 0.0552. The maximum Gasteiger partial charge on any atom is 0.351 e. The first kappa shape index (κ1) is 16.3. The topological polar surface area (TPSA) is 96.7 Å². The summed E-state index contributed by atoms with van der Waals surface area (Å²) in [6, 6.07) is 10.0. The molecule has 1 aromatic carbocycles. The SMILES string of the molecule is CN1O[C@H](n2ccc(NC(=O)c3ccccc3)nc2=O)C[C@@H]1CO. The Labute approximate surface area is 138 Å². The van der Waals surface area contributed by atoms with E-state index >= 15 is 0 Å². The van der Waals surface area contributed by atoms with Crippen LogP contribution in [0.3, 0.4) is 0 Å². The van der Waals surface area contributed by atoms with E-state index in [1.54, 1.807) is 31.3 Å². The predicted octanol–water partition coefficient (Wildman–Crippen LogP) is 0.622. The van der Waals surface area contributed by atoms with Gasteiger partial charge in [-0.1, -0.05) is 18.2 Å². The first-order chi connectivity index (χ1) is 11.6. The Balaban J connectivity index is 1.74. The molecule has 0 unspecified atom stereocenters. The molecule has 126 valence electrons. The fraction of sp³-hybridized carbons (Fsp3) is 0.312. The number of benzene rings is 1. The van der Waals surface area contributed by atoms with Crippen molar-refractivity contribution in [2.75, 3.05) is 19.0 Å². The molecule has 1 saturated heterocycles. The van der Waals surface area contributed by atoms with Gasteiger partial charge in [-0.15, -0.1) is 0 Å². The molecule has 0 aliphatic carbocycles. The first-order valence-corrected chi connectivity index (χ1v) is 7.54.